The number of carboxylic acid groups (broad SMARTS) is 1. The van der Waals surface area contributed by atoms with Crippen LogP contribution < -0.4 is 0 Å². The van der Waals surface area contributed by atoms with Gasteiger partial charge < -0.3 is 10.2 Å². The Morgan fingerprint density at radius 2 is 2.33 bits per heavy atom. The Balaban J connectivity index is 2.42. The fraction of sp³-hybridized carbons (Fsp3) is 0.556. The van der Waals surface area contributed by atoms with Crippen molar-refractivity contribution < 1.29 is 23.4 Å². The average Bonchev–Trinajstić information content (AvgIpc) is 2.98. The zero-order chi connectivity index (χ0) is 13.3. The Labute approximate surface area is 108 Å². The van der Waals surface area contributed by atoms with Crippen molar-refractivity contribution in [3.8, 4) is 0 Å². The number of nitrogens with zero attached hydrogens (tertiary/aromatic N) is 2. The largest absolute Gasteiger partial charge is 0.476 e. The lowest BCUT2D eigenvalue weighted by Gasteiger charge is -2.21. The molecule has 7 nitrogen and oxygen atoms in total. The van der Waals surface area contributed by atoms with E-state index in [2.05, 4.69) is 4.98 Å². The number of thiazole rings is 1. The maximum atomic E-state index is 12.3. The predicted molar refractivity (Wildman–Crippen MR) is 63.1 cm³/mol. The lowest BCUT2D eigenvalue weighted by atomic mass is 10.2. The molecule has 1 aromatic heterocycles. The maximum Gasteiger partial charge on any atom is 0.356 e. The summed E-state index contributed by atoms with van der Waals surface area (Å²) >= 11 is 0.781. The number of aliphatic hydroxyl groups is 1. The van der Waals surface area contributed by atoms with E-state index >= 15 is 0 Å². The zero-order valence-electron chi connectivity index (χ0n) is 9.31. The summed E-state index contributed by atoms with van der Waals surface area (Å²) in [6, 6.07) is -0.473. The van der Waals surface area contributed by atoms with Crippen molar-refractivity contribution in [3.05, 3.63) is 11.2 Å². The van der Waals surface area contributed by atoms with Gasteiger partial charge in [-0.1, -0.05) is 0 Å². The molecule has 1 saturated heterocycles. The number of aromatic carboxylic acids is 1. The number of aliphatic hydroxyl groups excluding tert-OH is 1. The molecule has 2 heterocycles. The van der Waals surface area contributed by atoms with E-state index in [9.17, 15) is 13.2 Å². The summed E-state index contributed by atoms with van der Waals surface area (Å²) in [6.07, 6.45) is 1.24. The number of carbonyl (C=O) groups is 1. The maximum absolute atomic E-state index is 12.3. The van der Waals surface area contributed by atoms with Crippen LogP contribution >= 0.6 is 11.3 Å². The number of sulfonamides is 1. The molecular weight excluding hydrogens is 280 g/mol. The van der Waals surface area contributed by atoms with Gasteiger partial charge in [-0.3, -0.25) is 0 Å². The lowest BCUT2D eigenvalue weighted by molar-refractivity contribution is 0.0687. The van der Waals surface area contributed by atoms with Gasteiger partial charge in [-0.05, 0) is 12.8 Å². The van der Waals surface area contributed by atoms with Gasteiger partial charge in [0.15, 0.2) is 9.90 Å². The summed E-state index contributed by atoms with van der Waals surface area (Å²) in [5.74, 6) is -1.37. The van der Waals surface area contributed by atoms with Crippen LogP contribution in [0.3, 0.4) is 0 Å². The van der Waals surface area contributed by atoms with Crippen molar-refractivity contribution in [1.82, 2.24) is 9.29 Å². The van der Waals surface area contributed by atoms with Crippen LogP contribution in [0.25, 0.3) is 0 Å². The van der Waals surface area contributed by atoms with Crippen LogP contribution in [0.5, 0.6) is 0 Å². The average molecular weight is 292 g/mol. The van der Waals surface area contributed by atoms with Crippen LogP contribution in [0.2, 0.25) is 0 Å². The molecule has 0 saturated carbocycles. The molecule has 2 rings (SSSR count). The number of aromatic nitrogens is 1. The third-order valence-electron chi connectivity index (χ3n) is 2.81. The molecule has 9 heteroatoms. The van der Waals surface area contributed by atoms with E-state index in [1.165, 1.54) is 5.51 Å². The molecule has 1 aliphatic rings. The van der Waals surface area contributed by atoms with Crippen molar-refractivity contribution in [2.24, 2.45) is 0 Å². The third kappa shape index (κ3) is 2.14. The Morgan fingerprint density at radius 1 is 1.61 bits per heavy atom. The molecule has 0 aromatic carbocycles. The Kier molecular flexibility index (Phi) is 3.66. The molecule has 1 atom stereocenters. The molecule has 0 aliphatic carbocycles. The smallest absolute Gasteiger partial charge is 0.356 e. The van der Waals surface area contributed by atoms with Crippen LogP contribution in [0, 0.1) is 0 Å². The molecule has 1 aliphatic heterocycles. The Hall–Kier alpha value is -1.03. The van der Waals surface area contributed by atoms with Gasteiger partial charge in [-0.15, -0.1) is 11.3 Å². The van der Waals surface area contributed by atoms with Crippen LogP contribution in [0.15, 0.2) is 9.72 Å². The fourth-order valence-corrected chi connectivity index (χ4v) is 4.92. The summed E-state index contributed by atoms with van der Waals surface area (Å²) < 4.78 is 25.5. The van der Waals surface area contributed by atoms with Crippen molar-refractivity contribution in [1.29, 1.82) is 0 Å². The minimum atomic E-state index is -3.88. The van der Waals surface area contributed by atoms with Crippen molar-refractivity contribution in [2.75, 3.05) is 13.2 Å². The van der Waals surface area contributed by atoms with E-state index in [4.69, 9.17) is 10.2 Å². The monoisotopic (exact) mass is 292 g/mol. The second-order valence-corrected chi connectivity index (χ2v) is 6.83. The number of rotatable bonds is 4. The molecule has 1 aromatic rings. The van der Waals surface area contributed by atoms with Gasteiger partial charge in [-0.25, -0.2) is 18.2 Å². The van der Waals surface area contributed by atoms with Gasteiger partial charge in [0.2, 0.25) is 0 Å². The highest BCUT2D eigenvalue weighted by molar-refractivity contribution is 7.91. The van der Waals surface area contributed by atoms with E-state index in [0.717, 1.165) is 15.6 Å². The molecule has 0 bridgehead atoms. The lowest BCUT2D eigenvalue weighted by Crippen LogP contribution is -2.37. The third-order valence-corrected chi connectivity index (χ3v) is 6.11. The number of hydrogen-bond acceptors (Lipinski definition) is 6. The number of carboxylic acids is 1. The van der Waals surface area contributed by atoms with Crippen molar-refractivity contribution in [3.63, 3.8) is 0 Å². The molecule has 1 fully saturated rings. The SMILES string of the molecule is O=C(O)c1ncsc1S(=O)(=O)N1CCC[C@@H]1CO. The first-order valence-corrected chi connectivity index (χ1v) is 7.60. The first-order valence-electron chi connectivity index (χ1n) is 5.28. The van der Waals surface area contributed by atoms with Crippen LogP contribution in [-0.2, 0) is 10.0 Å². The normalized spacial score (nSPS) is 21.3. The summed E-state index contributed by atoms with van der Waals surface area (Å²) in [5, 5.41) is 18.0. The van der Waals surface area contributed by atoms with Crippen molar-refractivity contribution in [2.45, 2.75) is 23.1 Å². The summed E-state index contributed by atoms with van der Waals surface area (Å²) in [5.41, 5.74) is 0.740. The molecule has 18 heavy (non-hydrogen) atoms. The number of hydrogen-bond donors (Lipinski definition) is 2. The minimum Gasteiger partial charge on any atom is -0.476 e. The van der Waals surface area contributed by atoms with E-state index in [1.54, 1.807) is 0 Å². The highest BCUT2D eigenvalue weighted by Gasteiger charge is 2.38. The van der Waals surface area contributed by atoms with E-state index < -0.39 is 27.7 Å². The molecule has 2 N–H and O–H groups in total. The van der Waals surface area contributed by atoms with E-state index in [-0.39, 0.29) is 10.8 Å². The highest BCUT2D eigenvalue weighted by atomic mass is 32.2. The van der Waals surface area contributed by atoms with Gasteiger partial charge in [0.1, 0.15) is 0 Å². The molecule has 0 radical (unpaired) electrons. The zero-order valence-corrected chi connectivity index (χ0v) is 10.9. The van der Waals surface area contributed by atoms with Gasteiger partial charge in [-0.2, -0.15) is 4.31 Å². The second-order valence-electron chi connectivity index (χ2n) is 3.89. The summed E-state index contributed by atoms with van der Waals surface area (Å²) in [7, 11) is -3.88. The summed E-state index contributed by atoms with van der Waals surface area (Å²) in [6.45, 7) is 0.0327. The van der Waals surface area contributed by atoms with E-state index in [1.807, 2.05) is 0 Å². The van der Waals surface area contributed by atoms with Crippen molar-refractivity contribution >= 4 is 27.3 Å². The van der Waals surface area contributed by atoms with Gasteiger partial charge in [0.25, 0.3) is 10.0 Å². The highest BCUT2D eigenvalue weighted by Crippen LogP contribution is 2.29. The van der Waals surface area contributed by atoms with Gasteiger partial charge in [0, 0.05) is 12.6 Å². The first-order chi connectivity index (χ1) is 8.48. The molecule has 100 valence electrons. The summed E-state index contributed by atoms with van der Waals surface area (Å²) in [4.78, 5) is 14.5. The van der Waals surface area contributed by atoms with Gasteiger partial charge >= 0.3 is 5.97 Å². The fourth-order valence-electron chi connectivity index (χ4n) is 1.98. The minimum absolute atomic E-state index is 0.263. The Bertz CT molecular complexity index is 553. The standard InChI is InChI=1S/C9H12N2O5S2/c12-4-6-2-1-3-11(6)18(15,16)9-7(8(13)14)10-5-17-9/h5-6,12H,1-4H2,(H,13,14)/t6-/m1/s1. The second kappa shape index (κ2) is 4.92. The quantitative estimate of drug-likeness (QED) is 0.808. The Morgan fingerprint density at radius 3 is 2.94 bits per heavy atom. The van der Waals surface area contributed by atoms with Crippen LogP contribution in [0.4, 0.5) is 0 Å². The first kappa shape index (κ1) is 13.4. The molecule has 0 spiro atoms. The topological polar surface area (TPSA) is 108 Å². The van der Waals surface area contributed by atoms with Crippen LogP contribution in [0.1, 0.15) is 23.3 Å². The molecule has 0 unspecified atom stereocenters. The van der Waals surface area contributed by atoms with Crippen LogP contribution in [-0.4, -0.2) is 53.1 Å². The molecular formula is C9H12N2O5S2. The van der Waals surface area contributed by atoms with Gasteiger partial charge in [0.05, 0.1) is 12.1 Å². The predicted octanol–water partition coefficient (Wildman–Crippen LogP) is -0.0133. The van der Waals surface area contributed by atoms with E-state index in [0.29, 0.717) is 19.4 Å². The molecule has 0 amide bonds.